The van der Waals surface area contributed by atoms with Gasteiger partial charge in [-0.1, -0.05) is 12.1 Å². The number of anilines is 1. The molecule has 5 heteroatoms. The summed E-state index contributed by atoms with van der Waals surface area (Å²) >= 11 is 1.56. The number of hydrogen-bond donors (Lipinski definition) is 3. The first-order valence-corrected chi connectivity index (χ1v) is 6.02. The molecule has 88 valence electrons. The van der Waals surface area contributed by atoms with Crippen LogP contribution in [0.3, 0.4) is 0 Å². The molecule has 0 amide bonds. The standard InChI is InChI=1S/C11H15NO3S/c1-11(15,10(13)14)7-12-8-5-3-4-6-9(8)16-2/h3-6,12,15H,7H2,1-2H3,(H,13,14). The number of carboxylic acid groups (broad SMARTS) is 1. The quantitative estimate of drug-likeness (QED) is 0.684. The SMILES string of the molecule is CSc1ccccc1NCC(C)(O)C(=O)O. The fourth-order valence-electron chi connectivity index (χ4n) is 1.13. The van der Waals surface area contributed by atoms with E-state index in [-0.39, 0.29) is 6.54 Å². The summed E-state index contributed by atoms with van der Waals surface area (Å²) in [5.74, 6) is -1.23. The molecule has 0 aliphatic rings. The van der Waals surface area contributed by atoms with Crippen molar-refractivity contribution in [2.45, 2.75) is 17.4 Å². The first kappa shape index (κ1) is 12.9. The zero-order chi connectivity index (χ0) is 12.2. The van der Waals surface area contributed by atoms with Crippen molar-refractivity contribution >= 4 is 23.4 Å². The summed E-state index contributed by atoms with van der Waals surface area (Å²) in [6, 6.07) is 7.55. The lowest BCUT2D eigenvalue weighted by atomic mass is 10.1. The molecule has 1 atom stereocenters. The van der Waals surface area contributed by atoms with E-state index in [1.54, 1.807) is 11.8 Å². The Hall–Kier alpha value is -1.20. The van der Waals surface area contributed by atoms with Gasteiger partial charge in [0.05, 0.1) is 6.54 Å². The van der Waals surface area contributed by atoms with Gasteiger partial charge >= 0.3 is 5.97 Å². The zero-order valence-corrected chi connectivity index (χ0v) is 10.0. The fraction of sp³-hybridized carbons (Fsp3) is 0.364. The van der Waals surface area contributed by atoms with E-state index >= 15 is 0 Å². The molecular weight excluding hydrogens is 226 g/mol. The minimum atomic E-state index is -1.76. The van der Waals surface area contributed by atoms with Gasteiger partial charge in [-0.05, 0) is 25.3 Å². The summed E-state index contributed by atoms with van der Waals surface area (Å²) in [6.45, 7) is 1.24. The number of hydrogen-bond acceptors (Lipinski definition) is 4. The van der Waals surface area contributed by atoms with Crippen molar-refractivity contribution in [3.63, 3.8) is 0 Å². The van der Waals surface area contributed by atoms with E-state index in [0.717, 1.165) is 10.6 Å². The maximum atomic E-state index is 10.7. The van der Waals surface area contributed by atoms with Gasteiger partial charge in [0.2, 0.25) is 0 Å². The highest BCUT2D eigenvalue weighted by Gasteiger charge is 2.29. The van der Waals surface area contributed by atoms with Crippen LogP contribution in [0.5, 0.6) is 0 Å². The van der Waals surface area contributed by atoms with Gasteiger partial charge < -0.3 is 15.5 Å². The Morgan fingerprint density at radius 2 is 2.12 bits per heavy atom. The third-order valence-electron chi connectivity index (χ3n) is 2.19. The number of para-hydroxylation sites is 1. The molecule has 0 aliphatic carbocycles. The van der Waals surface area contributed by atoms with Crippen LogP contribution in [0, 0.1) is 0 Å². The van der Waals surface area contributed by atoms with Gasteiger partial charge in [-0.15, -0.1) is 11.8 Å². The van der Waals surface area contributed by atoms with E-state index in [9.17, 15) is 9.90 Å². The van der Waals surface area contributed by atoms with Crippen LogP contribution >= 0.6 is 11.8 Å². The maximum Gasteiger partial charge on any atom is 0.337 e. The van der Waals surface area contributed by atoms with Crippen LogP contribution in [-0.4, -0.2) is 34.6 Å². The number of rotatable bonds is 5. The maximum absolute atomic E-state index is 10.7. The summed E-state index contributed by atoms with van der Waals surface area (Å²) in [5.41, 5.74) is -0.928. The molecule has 0 aliphatic heterocycles. The Balaban J connectivity index is 2.71. The van der Waals surface area contributed by atoms with Gasteiger partial charge in [0.15, 0.2) is 5.60 Å². The molecule has 0 saturated carbocycles. The van der Waals surface area contributed by atoms with Crippen molar-refractivity contribution in [2.24, 2.45) is 0 Å². The molecule has 0 spiro atoms. The van der Waals surface area contributed by atoms with Crippen LogP contribution in [0.15, 0.2) is 29.2 Å². The van der Waals surface area contributed by atoms with Crippen molar-refractivity contribution in [2.75, 3.05) is 18.1 Å². The minimum Gasteiger partial charge on any atom is -0.479 e. The van der Waals surface area contributed by atoms with Crippen molar-refractivity contribution in [3.8, 4) is 0 Å². The average molecular weight is 241 g/mol. The molecule has 4 nitrogen and oxygen atoms in total. The molecule has 16 heavy (non-hydrogen) atoms. The second-order valence-corrected chi connectivity index (χ2v) is 4.48. The second kappa shape index (κ2) is 5.23. The van der Waals surface area contributed by atoms with Crippen molar-refractivity contribution < 1.29 is 15.0 Å². The summed E-state index contributed by atoms with van der Waals surface area (Å²) in [5, 5.41) is 21.2. The van der Waals surface area contributed by atoms with Gasteiger partial charge in [0.25, 0.3) is 0 Å². The molecule has 1 aromatic rings. The van der Waals surface area contributed by atoms with E-state index in [0.29, 0.717) is 0 Å². The normalized spacial score (nSPS) is 14.2. The summed E-state index contributed by atoms with van der Waals surface area (Å²) in [6.07, 6.45) is 1.94. The molecule has 1 aromatic carbocycles. The minimum absolute atomic E-state index is 0.0279. The Bertz CT molecular complexity index is 379. The van der Waals surface area contributed by atoms with Crippen LogP contribution in [0.2, 0.25) is 0 Å². The van der Waals surface area contributed by atoms with E-state index in [4.69, 9.17) is 5.11 Å². The highest BCUT2D eigenvalue weighted by Crippen LogP contribution is 2.24. The van der Waals surface area contributed by atoms with Gasteiger partial charge in [0.1, 0.15) is 0 Å². The molecule has 0 radical (unpaired) electrons. The third-order valence-corrected chi connectivity index (χ3v) is 2.99. The predicted molar refractivity (Wildman–Crippen MR) is 65.0 cm³/mol. The van der Waals surface area contributed by atoms with Crippen LogP contribution < -0.4 is 5.32 Å². The lowest BCUT2D eigenvalue weighted by molar-refractivity contribution is -0.155. The largest absolute Gasteiger partial charge is 0.479 e. The molecule has 0 aromatic heterocycles. The first-order chi connectivity index (χ1) is 7.47. The predicted octanol–water partition coefficient (Wildman–Crippen LogP) is 1.66. The van der Waals surface area contributed by atoms with Crippen LogP contribution in [0.1, 0.15) is 6.92 Å². The zero-order valence-electron chi connectivity index (χ0n) is 9.23. The summed E-state index contributed by atoms with van der Waals surface area (Å²) in [7, 11) is 0. The topological polar surface area (TPSA) is 69.6 Å². The van der Waals surface area contributed by atoms with E-state index in [2.05, 4.69) is 5.32 Å². The monoisotopic (exact) mass is 241 g/mol. The second-order valence-electron chi connectivity index (χ2n) is 3.63. The number of nitrogens with one attached hydrogen (secondary N) is 1. The smallest absolute Gasteiger partial charge is 0.337 e. The number of thioether (sulfide) groups is 1. The molecule has 1 rings (SSSR count). The molecule has 0 saturated heterocycles. The van der Waals surface area contributed by atoms with Crippen LogP contribution in [0.25, 0.3) is 0 Å². The van der Waals surface area contributed by atoms with Crippen molar-refractivity contribution in [1.29, 1.82) is 0 Å². The van der Waals surface area contributed by atoms with Gasteiger partial charge in [-0.2, -0.15) is 0 Å². The highest BCUT2D eigenvalue weighted by molar-refractivity contribution is 7.98. The molecule has 0 fully saturated rings. The van der Waals surface area contributed by atoms with Gasteiger partial charge in [-0.25, -0.2) is 4.79 Å². The summed E-state index contributed by atoms with van der Waals surface area (Å²) in [4.78, 5) is 11.7. The molecular formula is C11H15NO3S. The van der Waals surface area contributed by atoms with E-state index in [1.165, 1.54) is 6.92 Å². The lowest BCUT2D eigenvalue weighted by Crippen LogP contribution is -2.41. The van der Waals surface area contributed by atoms with E-state index < -0.39 is 11.6 Å². The van der Waals surface area contributed by atoms with Crippen molar-refractivity contribution in [3.05, 3.63) is 24.3 Å². The Labute approximate surface area is 98.7 Å². The fourth-order valence-corrected chi connectivity index (χ4v) is 1.71. The highest BCUT2D eigenvalue weighted by atomic mass is 32.2. The molecule has 3 N–H and O–H groups in total. The van der Waals surface area contributed by atoms with Crippen molar-refractivity contribution in [1.82, 2.24) is 0 Å². The van der Waals surface area contributed by atoms with Gasteiger partial charge in [0, 0.05) is 10.6 Å². The molecule has 0 heterocycles. The lowest BCUT2D eigenvalue weighted by Gasteiger charge is -2.20. The molecule has 1 unspecified atom stereocenters. The Morgan fingerprint density at radius 1 is 1.50 bits per heavy atom. The number of aliphatic carboxylic acids is 1. The number of aliphatic hydroxyl groups is 1. The Morgan fingerprint density at radius 3 is 2.69 bits per heavy atom. The van der Waals surface area contributed by atoms with Gasteiger partial charge in [-0.3, -0.25) is 0 Å². The number of carbonyl (C=O) groups is 1. The van der Waals surface area contributed by atoms with Crippen LogP contribution in [-0.2, 0) is 4.79 Å². The Kier molecular flexibility index (Phi) is 4.20. The van der Waals surface area contributed by atoms with E-state index in [1.807, 2.05) is 30.5 Å². The number of carboxylic acids is 1. The average Bonchev–Trinajstić information content (AvgIpc) is 2.26. The first-order valence-electron chi connectivity index (χ1n) is 4.80. The number of benzene rings is 1. The van der Waals surface area contributed by atoms with Crippen LogP contribution in [0.4, 0.5) is 5.69 Å². The third kappa shape index (κ3) is 3.15. The summed E-state index contributed by atoms with van der Waals surface area (Å²) < 4.78 is 0. The molecule has 0 bridgehead atoms.